The van der Waals surface area contributed by atoms with E-state index in [0.717, 1.165) is 0 Å². The fourth-order valence-electron chi connectivity index (χ4n) is 4.45. The molecular weight excluding hydrogens is 380 g/mol. The minimum Gasteiger partial charge on any atom is -0.460 e. The first-order valence-electron chi connectivity index (χ1n) is 14.1. The fourth-order valence-corrected chi connectivity index (χ4v) is 4.45. The molecule has 0 N–H and O–H groups in total. The number of hydrogen-bond acceptors (Lipinski definition) is 2. The molecule has 0 aromatic carbocycles. The Morgan fingerprint density at radius 2 is 0.903 bits per heavy atom. The Morgan fingerprint density at radius 3 is 1.23 bits per heavy atom. The first kappa shape index (κ1) is 30.5. The van der Waals surface area contributed by atoms with Crippen LogP contribution in [-0.4, -0.2) is 11.6 Å². The lowest BCUT2D eigenvalue weighted by Gasteiger charge is -2.22. The highest BCUT2D eigenvalue weighted by Crippen LogP contribution is 2.24. The molecule has 0 heterocycles. The van der Waals surface area contributed by atoms with Crippen LogP contribution in [0.5, 0.6) is 0 Å². The van der Waals surface area contributed by atoms with Gasteiger partial charge in [-0.25, -0.2) is 0 Å². The molecule has 0 aromatic rings. The van der Waals surface area contributed by atoms with Crippen molar-refractivity contribution in [2.75, 3.05) is 0 Å². The molecule has 0 saturated heterocycles. The summed E-state index contributed by atoms with van der Waals surface area (Å²) in [5.74, 6) is 0.521. The average Bonchev–Trinajstić information content (AvgIpc) is 2.69. The molecule has 0 radical (unpaired) electrons. The van der Waals surface area contributed by atoms with E-state index in [4.69, 9.17) is 4.74 Å². The van der Waals surface area contributed by atoms with Crippen LogP contribution < -0.4 is 0 Å². The Kier molecular flexibility index (Phi) is 21.0. The maximum Gasteiger partial charge on any atom is 0.306 e. The number of unbranched alkanes of at least 4 members (excludes halogenated alkanes) is 16. The van der Waals surface area contributed by atoms with E-state index in [1.54, 1.807) is 0 Å². The van der Waals surface area contributed by atoms with E-state index in [1.165, 1.54) is 128 Å². The van der Waals surface area contributed by atoms with E-state index >= 15 is 0 Å². The summed E-state index contributed by atoms with van der Waals surface area (Å²) in [6.45, 7) is 10.5. The predicted molar refractivity (Wildman–Crippen MR) is 138 cm³/mol. The normalized spacial score (nSPS) is 12.8. The van der Waals surface area contributed by atoms with Crippen LogP contribution >= 0.6 is 0 Å². The van der Waals surface area contributed by atoms with Gasteiger partial charge in [0.15, 0.2) is 0 Å². The molecule has 186 valence electrons. The summed E-state index contributed by atoms with van der Waals surface area (Å²) in [7, 11) is 0. The third kappa shape index (κ3) is 24.0. The molecule has 1 atom stereocenters. The lowest BCUT2D eigenvalue weighted by Crippen LogP contribution is -2.25. The first-order valence-corrected chi connectivity index (χ1v) is 14.1. The molecule has 0 saturated carbocycles. The molecule has 0 aliphatic heterocycles. The Balaban J connectivity index is 4.00. The van der Waals surface area contributed by atoms with Crippen LogP contribution in [0.15, 0.2) is 0 Å². The van der Waals surface area contributed by atoms with Gasteiger partial charge in [-0.15, -0.1) is 0 Å². The van der Waals surface area contributed by atoms with Gasteiger partial charge in [-0.2, -0.15) is 0 Å². The number of esters is 1. The number of hydrogen-bond donors (Lipinski definition) is 0. The second-order valence-electron chi connectivity index (χ2n) is 10.9. The van der Waals surface area contributed by atoms with Crippen molar-refractivity contribution in [1.82, 2.24) is 0 Å². The highest BCUT2D eigenvalue weighted by molar-refractivity contribution is 5.70. The molecule has 0 rings (SSSR count). The minimum absolute atomic E-state index is 0.00384. The SMILES string of the molecule is CCCCCCCCCCCCC(CCCCCCCCCC)CC(=O)OC(C)(C)C. The van der Waals surface area contributed by atoms with Crippen molar-refractivity contribution in [2.45, 2.75) is 175 Å². The van der Waals surface area contributed by atoms with Crippen LogP contribution in [0.1, 0.15) is 169 Å². The number of rotatable bonds is 22. The lowest BCUT2D eigenvalue weighted by molar-refractivity contribution is -0.156. The molecular formula is C29H58O2. The quantitative estimate of drug-likeness (QED) is 0.124. The van der Waals surface area contributed by atoms with Crippen LogP contribution in [0.25, 0.3) is 0 Å². The van der Waals surface area contributed by atoms with E-state index in [2.05, 4.69) is 13.8 Å². The molecule has 31 heavy (non-hydrogen) atoms. The second kappa shape index (κ2) is 21.3. The van der Waals surface area contributed by atoms with Crippen LogP contribution in [0.2, 0.25) is 0 Å². The Morgan fingerprint density at radius 1 is 0.581 bits per heavy atom. The largest absolute Gasteiger partial charge is 0.460 e. The second-order valence-corrected chi connectivity index (χ2v) is 10.9. The lowest BCUT2D eigenvalue weighted by atomic mass is 9.91. The molecule has 1 unspecified atom stereocenters. The van der Waals surface area contributed by atoms with Crippen molar-refractivity contribution in [1.29, 1.82) is 0 Å². The maximum absolute atomic E-state index is 12.4. The fraction of sp³-hybridized carbons (Fsp3) is 0.966. The van der Waals surface area contributed by atoms with E-state index in [1.807, 2.05) is 20.8 Å². The van der Waals surface area contributed by atoms with E-state index in [0.29, 0.717) is 12.3 Å². The molecule has 0 fully saturated rings. The molecule has 0 spiro atoms. The first-order chi connectivity index (χ1) is 14.9. The summed E-state index contributed by atoms with van der Waals surface area (Å²) >= 11 is 0. The summed E-state index contributed by atoms with van der Waals surface area (Å²) in [5.41, 5.74) is -0.364. The third-order valence-corrected chi connectivity index (χ3v) is 6.31. The Bertz CT molecular complexity index is 383. The van der Waals surface area contributed by atoms with Gasteiger partial charge in [-0.3, -0.25) is 4.79 Å². The Hall–Kier alpha value is -0.530. The van der Waals surface area contributed by atoms with E-state index < -0.39 is 0 Å². The zero-order chi connectivity index (χ0) is 23.2. The van der Waals surface area contributed by atoms with Crippen LogP contribution in [-0.2, 0) is 9.53 Å². The van der Waals surface area contributed by atoms with Crippen molar-refractivity contribution < 1.29 is 9.53 Å². The van der Waals surface area contributed by atoms with Gasteiger partial charge >= 0.3 is 5.97 Å². The van der Waals surface area contributed by atoms with E-state index in [-0.39, 0.29) is 11.6 Å². The summed E-state index contributed by atoms with van der Waals surface area (Å²) in [4.78, 5) is 12.4. The van der Waals surface area contributed by atoms with Gasteiger partial charge in [0, 0.05) is 6.42 Å². The van der Waals surface area contributed by atoms with Crippen molar-refractivity contribution in [3.8, 4) is 0 Å². The monoisotopic (exact) mass is 438 g/mol. The topological polar surface area (TPSA) is 26.3 Å². The average molecular weight is 439 g/mol. The maximum atomic E-state index is 12.4. The summed E-state index contributed by atoms with van der Waals surface area (Å²) in [5, 5.41) is 0. The van der Waals surface area contributed by atoms with Gasteiger partial charge in [0.1, 0.15) is 5.60 Å². The highest BCUT2D eigenvalue weighted by atomic mass is 16.6. The zero-order valence-electron chi connectivity index (χ0n) is 22.2. The Labute approximate surface area is 196 Å². The van der Waals surface area contributed by atoms with Crippen LogP contribution in [0.3, 0.4) is 0 Å². The number of ether oxygens (including phenoxy) is 1. The predicted octanol–water partition coefficient (Wildman–Crippen LogP) is 10.2. The van der Waals surface area contributed by atoms with Crippen molar-refractivity contribution in [3.63, 3.8) is 0 Å². The van der Waals surface area contributed by atoms with Crippen molar-refractivity contribution in [3.05, 3.63) is 0 Å². The van der Waals surface area contributed by atoms with Crippen molar-refractivity contribution in [2.24, 2.45) is 5.92 Å². The van der Waals surface area contributed by atoms with Gasteiger partial charge in [0.2, 0.25) is 0 Å². The van der Waals surface area contributed by atoms with Crippen LogP contribution in [0, 0.1) is 5.92 Å². The molecule has 0 aliphatic rings. The van der Waals surface area contributed by atoms with E-state index in [9.17, 15) is 4.79 Å². The van der Waals surface area contributed by atoms with Gasteiger partial charge in [-0.1, -0.05) is 129 Å². The smallest absolute Gasteiger partial charge is 0.306 e. The highest BCUT2D eigenvalue weighted by Gasteiger charge is 2.20. The summed E-state index contributed by atoms with van der Waals surface area (Å²) < 4.78 is 5.61. The van der Waals surface area contributed by atoms with Gasteiger partial charge < -0.3 is 4.74 Å². The standard InChI is InChI=1S/C29H58O2/c1-6-8-10-12-14-16-17-19-21-23-25-27(26-28(30)31-29(3,4)5)24-22-20-18-15-13-11-9-7-2/h27H,6-26H2,1-5H3. The molecule has 0 aromatic heterocycles. The number of carbonyl (C=O) groups excluding carboxylic acids is 1. The molecule has 0 bridgehead atoms. The molecule has 2 nitrogen and oxygen atoms in total. The summed E-state index contributed by atoms with van der Waals surface area (Å²) in [6.07, 6.45) is 27.6. The minimum atomic E-state index is -0.364. The third-order valence-electron chi connectivity index (χ3n) is 6.31. The molecule has 0 aliphatic carbocycles. The summed E-state index contributed by atoms with van der Waals surface area (Å²) in [6, 6.07) is 0. The van der Waals surface area contributed by atoms with Gasteiger partial charge in [-0.05, 0) is 39.5 Å². The number of carbonyl (C=O) groups is 1. The zero-order valence-corrected chi connectivity index (χ0v) is 22.2. The van der Waals surface area contributed by atoms with Gasteiger partial charge in [0.05, 0.1) is 0 Å². The molecule has 0 amide bonds. The van der Waals surface area contributed by atoms with Gasteiger partial charge in [0.25, 0.3) is 0 Å². The molecule has 2 heteroatoms. The van der Waals surface area contributed by atoms with Crippen LogP contribution in [0.4, 0.5) is 0 Å². The van der Waals surface area contributed by atoms with Crippen molar-refractivity contribution >= 4 is 5.97 Å².